The van der Waals surface area contributed by atoms with Crippen LogP contribution in [0.2, 0.25) is 0 Å². The van der Waals surface area contributed by atoms with Crippen LogP contribution in [0, 0.1) is 0 Å². The molecule has 3 atom stereocenters. The smallest absolute Gasteiger partial charge is 0.0906 e. The summed E-state index contributed by atoms with van der Waals surface area (Å²) in [6, 6.07) is 9.94. The van der Waals surface area contributed by atoms with Crippen molar-refractivity contribution in [3.63, 3.8) is 0 Å². The van der Waals surface area contributed by atoms with Crippen LogP contribution in [0.1, 0.15) is 11.5 Å². The largest absolute Gasteiger partial charge is 0.388 e. The van der Waals surface area contributed by atoms with Crippen molar-refractivity contribution in [2.75, 3.05) is 6.61 Å². The van der Waals surface area contributed by atoms with Crippen LogP contribution < -0.4 is 0 Å². The summed E-state index contributed by atoms with van der Waals surface area (Å²) in [4.78, 5) is 0. The van der Waals surface area contributed by atoms with E-state index in [1.807, 2.05) is 30.3 Å². The van der Waals surface area contributed by atoms with Crippen molar-refractivity contribution in [3.8, 4) is 0 Å². The quantitative estimate of drug-likeness (QED) is 0.579. The maximum atomic E-state index is 9.78. The first-order valence-corrected chi connectivity index (χ1v) is 4.80. The molecule has 0 radical (unpaired) electrons. The van der Waals surface area contributed by atoms with Crippen molar-refractivity contribution in [1.82, 2.24) is 0 Å². The molecule has 1 aromatic rings. The van der Waals surface area contributed by atoms with Gasteiger partial charge in [0.15, 0.2) is 0 Å². The summed E-state index contributed by atoms with van der Waals surface area (Å²) < 4.78 is 5.24. The average molecular weight is 190 g/mol. The van der Waals surface area contributed by atoms with Gasteiger partial charge in [0.25, 0.3) is 0 Å². The monoisotopic (exact) mass is 190 g/mol. The van der Waals surface area contributed by atoms with Gasteiger partial charge in [-0.3, -0.25) is 0 Å². The summed E-state index contributed by atoms with van der Waals surface area (Å²) in [5.41, 5.74) is 1.11. The molecule has 0 aliphatic carbocycles. The minimum absolute atomic E-state index is 0.0358. The van der Waals surface area contributed by atoms with E-state index < -0.39 is 6.10 Å². The third-order valence-electron chi connectivity index (χ3n) is 2.55. The summed E-state index contributed by atoms with van der Waals surface area (Å²) in [5.74, 6) is 0.0358. The molecule has 0 bridgehead atoms. The van der Waals surface area contributed by atoms with Crippen molar-refractivity contribution in [3.05, 3.63) is 48.6 Å². The Morgan fingerprint density at radius 3 is 2.57 bits per heavy atom. The lowest BCUT2D eigenvalue weighted by Crippen LogP contribution is -2.20. The van der Waals surface area contributed by atoms with Crippen molar-refractivity contribution in [1.29, 1.82) is 0 Å². The molecule has 0 aromatic heterocycles. The van der Waals surface area contributed by atoms with E-state index in [0.29, 0.717) is 0 Å². The Labute approximate surface area is 83.8 Å². The topological polar surface area (TPSA) is 32.8 Å². The van der Waals surface area contributed by atoms with Crippen molar-refractivity contribution in [2.45, 2.75) is 18.1 Å². The average Bonchev–Trinajstić information content (AvgIpc) is 3.04. The van der Waals surface area contributed by atoms with Crippen LogP contribution in [-0.2, 0) is 4.74 Å². The molecule has 1 aliphatic heterocycles. The number of rotatable bonds is 4. The van der Waals surface area contributed by atoms with Crippen molar-refractivity contribution in [2.24, 2.45) is 0 Å². The maximum absolute atomic E-state index is 9.78. The molecule has 74 valence electrons. The van der Waals surface area contributed by atoms with Gasteiger partial charge in [0, 0.05) is 5.92 Å². The molecule has 0 spiro atoms. The molecule has 0 unspecified atom stereocenters. The van der Waals surface area contributed by atoms with Gasteiger partial charge in [-0.25, -0.2) is 0 Å². The Balaban J connectivity index is 2.22. The Kier molecular flexibility index (Phi) is 2.66. The van der Waals surface area contributed by atoms with E-state index in [2.05, 4.69) is 6.58 Å². The van der Waals surface area contributed by atoms with Crippen molar-refractivity contribution >= 4 is 0 Å². The van der Waals surface area contributed by atoms with Crippen LogP contribution in [0.25, 0.3) is 0 Å². The molecule has 1 aliphatic rings. The zero-order valence-electron chi connectivity index (χ0n) is 7.97. The number of aliphatic hydroxyl groups excluding tert-OH is 1. The minimum atomic E-state index is -0.523. The lowest BCUT2D eigenvalue weighted by Gasteiger charge is -2.18. The van der Waals surface area contributed by atoms with Gasteiger partial charge in [0.2, 0.25) is 0 Å². The molecule has 1 heterocycles. The number of hydrogen-bond donors (Lipinski definition) is 1. The first kappa shape index (κ1) is 9.44. The second-order valence-corrected chi connectivity index (χ2v) is 3.53. The first-order chi connectivity index (χ1) is 6.83. The Morgan fingerprint density at radius 1 is 1.43 bits per heavy atom. The van der Waals surface area contributed by atoms with Gasteiger partial charge in [0.05, 0.1) is 18.8 Å². The van der Waals surface area contributed by atoms with E-state index >= 15 is 0 Å². The third-order valence-corrected chi connectivity index (χ3v) is 2.55. The van der Waals surface area contributed by atoms with E-state index in [9.17, 15) is 5.11 Å². The number of aliphatic hydroxyl groups is 1. The highest BCUT2D eigenvalue weighted by atomic mass is 16.6. The second kappa shape index (κ2) is 3.95. The zero-order valence-corrected chi connectivity index (χ0v) is 7.97. The van der Waals surface area contributed by atoms with Gasteiger partial charge in [-0.2, -0.15) is 0 Å². The summed E-state index contributed by atoms with van der Waals surface area (Å²) >= 11 is 0. The molecule has 1 aromatic carbocycles. The lowest BCUT2D eigenvalue weighted by molar-refractivity contribution is 0.170. The molecule has 1 saturated heterocycles. The maximum Gasteiger partial charge on any atom is 0.0906 e. The fraction of sp³-hybridized carbons (Fsp3) is 0.333. The fourth-order valence-electron chi connectivity index (χ4n) is 1.72. The van der Waals surface area contributed by atoms with Crippen LogP contribution in [0.4, 0.5) is 0 Å². The van der Waals surface area contributed by atoms with Gasteiger partial charge in [-0.1, -0.05) is 36.4 Å². The predicted molar refractivity (Wildman–Crippen MR) is 55.1 cm³/mol. The highest BCUT2D eigenvalue weighted by Crippen LogP contribution is 2.32. The van der Waals surface area contributed by atoms with Gasteiger partial charge < -0.3 is 9.84 Å². The van der Waals surface area contributed by atoms with E-state index in [-0.39, 0.29) is 12.0 Å². The van der Waals surface area contributed by atoms with E-state index in [4.69, 9.17) is 4.74 Å². The summed E-state index contributed by atoms with van der Waals surface area (Å²) in [6.45, 7) is 4.35. The fourth-order valence-corrected chi connectivity index (χ4v) is 1.72. The van der Waals surface area contributed by atoms with Crippen LogP contribution in [0.15, 0.2) is 43.0 Å². The summed E-state index contributed by atoms with van der Waals surface area (Å²) in [5, 5.41) is 9.78. The second-order valence-electron chi connectivity index (χ2n) is 3.53. The normalized spacial score (nSPS) is 23.9. The molecule has 2 heteroatoms. The van der Waals surface area contributed by atoms with Crippen LogP contribution in [0.5, 0.6) is 0 Å². The van der Waals surface area contributed by atoms with Crippen LogP contribution in [0.3, 0.4) is 0 Å². The highest BCUT2D eigenvalue weighted by Gasteiger charge is 2.37. The van der Waals surface area contributed by atoms with Crippen LogP contribution in [-0.4, -0.2) is 23.9 Å². The Bertz CT molecular complexity index is 303. The molecule has 1 N–H and O–H groups in total. The molecule has 2 nitrogen and oxygen atoms in total. The standard InChI is InChI=1S/C12H14O2/c1-2-10(13)12(11-8-14-11)9-6-4-3-5-7-9/h2-7,10-13H,1,8H2/t10-,11+,12-/m1/s1. The lowest BCUT2D eigenvalue weighted by atomic mass is 9.90. The van der Waals surface area contributed by atoms with E-state index in [0.717, 1.165) is 12.2 Å². The van der Waals surface area contributed by atoms with Gasteiger partial charge in [-0.15, -0.1) is 6.58 Å². The number of benzene rings is 1. The zero-order chi connectivity index (χ0) is 9.97. The SMILES string of the molecule is C=C[C@@H](O)[C@@H](c1ccccc1)[C@@H]1CO1. The van der Waals surface area contributed by atoms with E-state index in [1.165, 1.54) is 0 Å². The van der Waals surface area contributed by atoms with Crippen LogP contribution >= 0.6 is 0 Å². The minimum Gasteiger partial charge on any atom is -0.388 e. The van der Waals surface area contributed by atoms with Gasteiger partial charge in [-0.05, 0) is 5.56 Å². The highest BCUT2D eigenvalue weighted by molar-refractivity contribution is 5.24. The van der Waals surface area contributed by atoms with E-state index in [1.54, 1.807) is 6.08 Å². The van der Waals surface area contributed by atoms with Gasteiger partial charge in [0.1, 0.15) is 0 Å². The molecular formula is C12H14O2. The molecule has 1 fully saturated rings. The molecular weight excluding hydrogens is 176 g/mol. The Hall–Kier alpha value is -1.12. The summed E-state index contributed by atoms with van der Waals surface area (Å²) in [6.07, 6.45) is 1.20. The van der Waals surface area contributed by atoms with Crippen molar-refractivity contribution < 1.29 is 9.84 Å². The molecule has 2 rings (SSSR count). The third kappa shape index (κ3) is 1.86. The molecule has 0 amide bonds. The first-order valence-electron chi connectivity index (χ1n) is 4.80. The number of epoxide rings is 1. The predicted octanol–water partition coefficient (Wildman–Crippen LogP) is 1.72. The number of hydrogen-bond acceptors (Lipinski definition) is 2. The molecule has 14 heavy (non-hydrogen) atoms. The Morgan fingerprint density at radius 2 is 2.07 bits per heavy atom. The van der Waals surface area contributed by atoms with Gasteiger partial charge >= 0.3 is 0 Å². The summed E-state index contributed by atoms with van der Waals surface area (Å²) in [7, 11) is 0. The molecule has 0 saturated carbocycles. The number of ether oxygens (including phenoxy) is 1.